The molecule has 0 saturated carbocycles. The van der Waals surface area contributed by atoms with Crippen molar-refractivity contribution in [3.63, 3.8) is 0 Å². The minimum Gasteiger partial charge on any atom is -0.379 e. The van der Waals surface area contributed by atoms with Crippen LogP contribution in [0.5, 0.6) is 0 Å². The van der Waals surface area contributed by atoms with Crippen LogP contribution in [0.1, 0.15) is 31.9 Å². The van der Waals surface area contributed by atoms with E-state index in [1.165, 1.54) is 5.56 Å². The maximum absolute atomic E-state index is 5.47. The molecule has 2 rings (SSSR count). The average Bonchev–Trinajstić information content (AvgIpc) is 2.40. The predicted octanol–water partition coefficient (Wildman–Crippen LogP) is 1.50. The lowest BCUT2D eigenvalue weighted by atomic mass is 10.1. The van der Waals surface area contributed by atoms with Gasteiger partial charge in [0.15, 0.2) is 0 Å². The van der Waals surface area contributed by atoms with E-state index in [-0.39, 0.29) is 0 Å². The van der Waals surface area contributed by atoms with Gasteiger partial charge >= 0.3 is 0 Å². The molecule has 1 fully saturated rings. The molecule has 4 heteroatoms. The lowest BCUT2D eigenvalue weighted by Gasteiger charge is -2.28. The Kier molecular flexibility index (Phi) is 5.11. The number of ether oxygens (including phenoxy) is 1. The van der Waals surface area contributed by atoms with Crippen molar-refractivity contribution in [1.29, 1.82) is 0 Å². The molecule has 1 saturated heterocycles. The molecule has 2 unspecified atom stereocenters. The molecule has 0 aromatic carbocycles. The van der Waals surface area contributed by atoms with Gasteiger partial charge in [-0.15, -0.1) is 0 Å². The number of hydrogen-bond donors (Lipinski definition) is 2. The average molecular weight is 249 g/mol. The third-order valence-corrected chi connectivity index (χ3v) is 3.36. The van der Waals surface area contributed by atoms with E-state index in [1.807, 2.05) is 18.5 Å². The predicted molar refractivity (Wildman–Crippen MR) is 72.5 cm³/mol. The highest BCUT2D eigenvalue weighted by Crippen LogP contribution is 2.12. The molecule has 1 aromatic rings. The summed E-state index contributed by atoms with van der Waals surface area (Å²) in [5.74, 6) is 0. The first-order valence-electron chi connectivity index (χ1n) is 6.73. The largest absolute Gasteiger partial charge is 0.379 e. The van der Waals surface area contributed by atoms with Gasteiger partial charge in [0.2, 0.25) is 0 Å². The molecule has 0 radical (unpaired) electrons. The molecule has 0 aliphatic carbocycles. The summed E-state index contributed by atoms with van der Waals surface area (Å²) in [4.78, 5) is 4.16. The zero-order valence-electron chi connectivity index (χ0n) is 11.2. The minimum absolute atomic E-state index is 0.332. The Balaban J connectivity index is 1.78. The van der Waals surface area contributed by atoms with E-state index in [0.29, 0.717) is 18.1 Å². The van der Waals surface area contributed by atoms with Crippen molar-refractivity contribution in [2.24, 2.45) is 0 Å². The molecule has 100 valence electrons. The zero-order valence-corrected chi connectivity index (χ0v) is 11.2. The quantitative estimate of drug-likeness (QED) is 0.830. The van der Waals surface area contributed by atoms with E-state index in [1.54, 1.807) is 0 Å². The maximum Gasteiger partial charge on any atom is 0.0620 e. The van der Waals surface area contributed by atoms with Crippen LogP contribution >= 0.6 is 0 Å². The second-order valence-electron chi connectivity index (χ2n) is 5.04. The van der Waals surface area contributed by atoms with Gasteiger partial charge < -0.3 is 15.4 Å². The van der Waals surface area contributed by atoms with Gasteiger partial charge in [0, 0.05) is 37.1 Å². The highest BCUT2D eigenvalue weighted by atomic mass is 16.5. The van der Waals surface area contributed by atoms with Gasteiger partial charge in [-0.2, -0.15) is 0 Å². The van der Waals surface area contributed by atoms with E-state index in [0.717, 1.165) is 26.2 Å². The van der Waals surface area contributed by atoms with Crippen molar-refractivity contribution in [3.05, 3.63) is 30.1 Å². The maximum atomic E-state index is 5.47. The standard InChI is InChI=1S/C14H23N3O/c1-11(8-14-10-18-7-6-16-14)17-12(2)13-4-3-5-15-9-13/h3-5,9,11-12,14,16-17H,6-8,10H2,1-2H3/t11?,12-,14?/m0/s1. The highest BCUT2D eigenvalue weighted by Gasteiger charge is 2.17. The first kappa shape index (κ1) is 13.5. The Morgan fingerprint density at radius 2 is 2.44 bits per heavy atom. The van der Waals surface area contributed by atoms with Crippen LogP contribution in [0.2, 0.25) is 0 Å². The van der Waals surface area contributed by atoms with Crippen LogP contribution in [-0.2, 0) is 4.74 Å². The molecule has 1 aromatic heterocycles. The van der Waals surface area contributed by atoms with E-state index in [4.69, 9.17) is 4.74 Å². The summed E-state index contributed by atoms with van der Waals surface area (Å²) in [6.45, 7) is 7.04. The van der Waals surface area contributed by atoms with E-state index in [2.05, 4.69) is 35.5 Å². The number of nitrogens with zero attached hydrogens (tertiary/aromatic N) is 1. The third kappa shape index (κ3) is 4.05. The van der Waals surface area contributed by atoms with Gasteiger partial charge in [-0.1, -0.05) is 6.07 Å². The SMILES string of the molecule is CC(CC1COCCN1)N[C@@H](C)c1cccnc1. The molecule has 1 aliphatic rings. The fraction of sp³-hybridized carbons (Fsp3) is 0.643. The number of rotatable bonds is 5. The Morgan fingerprint density at radius 3 is 3.11 bits per heavy atom. The van der Waals surface area contributed by atoms with Crippen molar-refractivity contribution in [2.75, 3.05) is 19.8 Å². The van der Waals surface area contributed by atoms with Gasteiger partial charge in [0.1, 0.15) is 0 Å². The van der Waals surface area contributed by atoms with Crippen LogP contribution in [-0.4, -0.2) is 36.8 Å². The minimum atomic E-state index is 0.332. The Hall–Kier alpha value is -0.970. The first-order chi connectivity index (χ1) is 8.75. The summed E-state index contributed by atoms with van der Waals surface area (Å²) in [5.41, 5.74) is 1.23. The first-order valence-corrected chi connectivity index (χ1v) is 6.73. The molecule has 1 aliphatic heterocycles. The molecule has 0 spiro atoms. The number of morpholine rings is 1. The fourth-order valence-electron chi connectivity index (χ4n) is 2.42. The lowest BCUT2D eigenvalue weighted by molar-refractivity contribution is 0.0708. The monoisotopic (exact) mass is 249 g/mol. The number of pyridine rings is 1. The molecule has 0 bridgehead atoms. The van der Waals surface area contributed by atoms with Crippen LogP contribution in [0.25, 0.3) is 0 Å². The molecule has 4 nitrogen and oxygen atoms in total. The zero-order chi connectivity index (χ0) is 12.8. The highest BCUT2D eigenvalue weighted by molar-refractivity contribution is 5.12. The summed E-state index contributed by atoms with van der Waals surface area (Å²) in [7, 11) is 0. The summed E-state index contributed by atoms with van der Waals surface area (Å²) in [5, 5.41) is 7.09. The Morgan fingerprint density at radius 1 is 1.56 bits per heavy atom. The van der Waals surface area contributed by atoms with Crippen LogP contribution in [0.3, 0.4) is 0 Å². The van der Waals surface area contributed by atoms with E-state index in [9.17, 15) is 0 Å². The molecule has 3 atom stereocenters. The van der Waals surface area contributed by atoms with Crippen LogP contribution < -0.4 is 10.6 Å². The normalized spacial score (nSPS) is 23.6. The van der Waals surface area contributed by atoms with Gasteiger partial charge in [-0.3, -0.25) is 4.98 Å². The van der Waals surface area contributed by atoms with Gasteiger partial charge in [-0.25, -0.2) is 0 Å². The molecular weight excluding hydrogens is 226 g/mol. The Bertz CT molecular complexity index is 338. The Labute approximate surface area is 109 Å². The second-order valence-corrected chi connectivity index (χ2v) is 5.04. The van der Waals surface area contributed by atoms with E-state index >= 15 is 0 Å². The second kappa shape index (κ2) is 6.83. The van der Waals surface area contributed by atoms with Gasteiger partial charge in [-0.05, 0) is 31.9 Å². The van der Waals surface area contributed by atoms with Crippen molar-refractivity contribution in [1.82, 2.24) is 15.6 Å². The lowest BCUT2D eigenvalue weighted by Crippen LogP contribution is -2.45. The molecule has 0 amide bonds. The molecule has 2 heterocycles. The van der Waals surface area contributed by atoms with Crippen molar-refractivity contribution in [2.45, 2.75) is 38.4 Å². The number of aromatic nitrogens is 1. The van der Waals surface area contributed by atoms with Crippen molar-refractivity contribution in [3.8, 4) is 0 Å². The smallest absolute Gasteiger partial charge is 0.0620 e. The number of hydrogen-bond acceptors (Lipinski definition) is 4. The third-order valence-electron chi connectivity index (χ3n) is 3.36. The fourth-order valence-corrected chi connectivity index (χ4v) is 2.42. The molecule has 18 heavy (non-hydrogen) atoms. The van der Waals surface area contributed by atoms with Gasteiger partial charge in [0.25, 0.3) is 0 Å². The summed E-state index contributed by atoms with van der Waals surface area (Å²) in [6, 6.07) is 5.36. The molecule has 2 N–H and O–H groups in total. The summed E-state index contributed by atoms with van der Waals surface area (Å²) in [6.07, 6.45) is 4.82. The number of nitrogens with one attached hydrogen (secondary N) is 2. The van der Waals surface area contributed by atoms with Gasteiger partial charge in [0.05, 0.1) is 13.2 Å². The van der Waals surface area contributed by atoms with E-state index < -0.39 is 0 Å². The summed E-state index contributed by atoms with van der Waals surface area (Å²) < 4.78 is 5.47. The summed E-state index contributed by atoms with van der Waals surface area (Å²) >= 11 is 0. The topological polar surface area (TPSA) is 46.2 Å². The van der Waals surface area contributed by atoms with Crippen LogP contribution in [0.15, 0.2) is 24.5 Å². The van der Waals surface area contributed by atoms with Crippen LogP contribution in [0, 0.1) is 0 Å². The van der Waals surface area contributed by atoms with Crippen LogP contribution in [0.4, 0.5) is 0 Å². The van der Waals surface area contributed by atoms with Crippen molar-refractivity contribution >= 4 is 0 Å². The molecular formula is C14H23N3O. The van der Waals surface area contributed by atoms with Crippen molar-refractivity contribution < 1.29 is 4.74 Å².